The molecule has 1 aliphatic heterocycles. The Morgan fingerprint density at radius 2 is 1.85 bits per heavy atom. The van der Waals surface area contributed by atoms with Crippen molar-refractivity contribution in [1.29, 1.82) is 0 Å². The molecule has 0 spiro atoms. The first kappa shape index (κ1) is 12.9. The van der Waals surface area contributed by atoms with Crippen LogP contribution in [0.25, 0.3) is 0 Å². The molecule has 3 rings (SSSR count). The second-order valence-electron chi connectivity index (χ2n) is 5.23. The highest BCUT2D eigenvalue weighted by molar-refractivity contribution is 5.60. The number of aryl methyl sites for hydroxylation is 2. The molecule has 104 valence electrons. The third-order valence-electron chi connectivity index (χ3n) is 3.62. The molecule has 0 saturated heterocycles. The predicted octanol–water partition coefficient (Wildman–Crippen LogP) is 3.86. The fraction of sp³-hybridized carbons (Fsp3) is 0.294. The molecule has 0 radical (unpaired) electrons. The molecule has 20 heavy (non-hydrogen) atoms. The van der Waals surface area contributed by atoms with E-state index in [0.717, 1.165) is 29.3 Å². The van der Waals surface area contributed by atoms with Crippen LogP contribution in [-0.2, 0) is 0 Å². The van der Waals surface area contributed by atoms with Gasteiger partial charge in [-0.2, -0.15) is 0 Å². The number of fused-ring (bicyclic) bond motifs is 1. The Hall–Kier alpha value is -2.16. The molecule has 1 unspecified atom stereocenters. The first-order chi connectivity index (χ1) is 9.67. The maximum absolute atomic E-state index is 6.15. The second-order valence-corrected chi connectivity index (χ2v) is 5.23. The largest absolute Gasteiger partial charge is 0.496 e. The van der Waals surface area contributed by atoms with Crippen LogP contribution in [0.3, 0.4) is 0 Å². The second kappa shape index (κ2) is 5.08. The Kier molecular flexibility index (Phi) is 3.26. The fourth-order valence-corrected chi connectivity index (χ4v) is 2.55. The molecule has 3 heteroatoms. The lowest BCUT2D eigenvalue weighted by Crippen LogP contribution is -2.24. The maximum Gasteiger partial charge on any atom is 0.145 e. The maximum atomic E-state index is 6.15. The van der Waals surface area contributed by atoms with E-state index >= 15 is 0 Å². The standard InChI is InChI=1S/C17H19NO2/c1-11-5-7-15(19-3)13(8-11)17-10-18-14-6-4-12(2)9-16(14)20-17/h4-9,17-18H,10H2,1-3H3. The van der Waals surface area contributed by atoms with Gasteiger partial charge in [0.25, 0.3) is 0 Å². The van der Waals surface area contributed by atoms with Crippen molar-refractivity contribution >= 4 is 5.69 Å². The number of rotatable bonds is 2. The van der Waals surface area contributed by atoms with Crippen LogP contribution in [0.1, 0.15) is 22.8 Å². The SMILES string of the molecule is COc1ccc(C)cc1C1CNc2ccc(C)cc2O1. The molecule has 3 nitrogen and oxygen atoms in total. The van der Waals surface area contributed by atoms with Crippen LogP contribution >= 0.6 is 0 Å². The number of benzene rings is 2. The van der Waals surface area contributed by atoms with Gasteiger partial charge in [-0.1, -0.05) is 17.7 Å². The number of anilines is 1. The van der Waals surface area contributed by atoms with Crippen LogP contribution in [0.15, 0.2) is 36.4 Å². The topological polar surface area (TPSA) is 30.5 Å². The number of hydrogen-bond acceptors (Lipinski definition) is 3. The van der Waals surface area contributed by atoms with Crippen molar-refractivity contribution in [2.24, 2.45) is 0 Å². The summed E-state index contributed by atoms with van der Waals surface area (Å²) >= 11 is 0. The lowest BCUT2D eigenvalue weighted by molar-refractivity contribution is 0.205. The van der Waals surface area contributed by atoms with E-state index in [4.69, 9.17) is 9.47 Å². The first-order valence-electron chi connectivity index (χ1n) is 6.83. The van der Waals surface area contributed by atoms with Crippen LogP contribution in [-0.4, -0.2) is 13.7 Å². The minimum atomic E-state index is -0.0286. The van der Waals surface area contributed by atoms with Gasteiger partial charge in [0.15, 0.2) is 0 Å². The Morgan fingerprint density at radius 1 is 1.10 bits per heavy atom. The van der Waals surface area contributed by atoms with E-state index in [9.17, 15) is 0 Å². The zero-order chi connectivity index (χ0) is 14.1. The number of hydrogen-bond donors (Lipinski definition) is 1. The molecule has 2 aromatic rings. The van der Waals surface area contributed by atoms with E-state index in [1.165, 1.54) is 11.1 Å². The minimum absolute atomic E-state index is 0.0286. The Labute approximate surface area is 119 Å². The van der Waals surface area contributed by atoms with Crippen LogP contribution in [0.5, 0.6) is 11.5 Å². The monoisotopic (exact) mass is 269 g/mol. The fourth-order valence-electron chi connectivity index (χ4n) is 2.55. The third kappa shape index (κ3) is 2.31. The Balaban J connectivity index is 1.95. The Bertz CT molecular complexity index is 637. The summed E-state index contributed by atoms with van der Waals surface area (Å²) in [6, 6.07) is 12.4. The zero-order valence-electron chi connectivity index (χ0n) is 12.1. The molecule has 0 saturated carbocycles. The average molecular weight is 269 g/mol. The molecule has 2 aromatic carbocycles. The van der Waals surface area contributed by atoms with Crippen molar-refractivity contribution in [1.82, 2.24) is 0 Å². The van der Waals surface area contributed by atoms with E-state index in [-0.39, 0.29) is 6.10 Å². The number of ether oxygens (including phenoxy) is 2. The van der Waals surface area contributed by atoms with Crippen molar-refractivity contribution in [3.63, 3.8) is 0 Å². The van der Waals surface area contributed by atoms with Crippen LogP contribution in [0.4, 0.5) is 5.69 Å². The van der Waals surface area contributed by atoms with Gasteiger partial charge in [0, 0.05) is 5.56 Å². The molecule has 1 atom stereocenters. The van der Waals surface area contributed by atoms with Gasteiger partial charge in [-0.15, -0.1) is 0 Å². The quantitative estimate of drug-likeness (QED) is 0.898. The highest BCUT2D eigenvalue weighted by Gasteiger charge is 2.23. The zero-order valence-corrected chi connectivity index (χ0v) is 12.1. The summed E-state index contributed by atoms with van der Waals surface area (Å²) in [6.45, 7) is 4.90. The Morgan fingerprint density at radius 3 is 2.65 bits per heavy atom. The molecule has 0 fully saturated rings. The molecule has 0 amide bonds. The highest BCUT2D eigenvalue weighted by Crippen LogP contribution is 2.37. The summed E-state index contributed by atoms with van der Waals surface area (Å²) in [7, 11) is 1.70. The molecule has 0 bridgehead atoms. The molecule has 0 aromatic heterocycles. The van der Waals surface area contributed by atoms with Gasteiger partial charge in [-0.3, -0.25) is 0 Å². The molecule has 1 heterocycles. The van der Waals surface area contributed by atoms with Gasteiger partial charge in [-0.05, 0) is 43.7 Å². The summed E-state index contributed by atoms with van der Waals surface area (Å²) in [5.41, 5.74) is 4.55. The molecule has 1 aliphatic rings. The summed E-state index contributed by atoms with van der Waals surface area (Å²) in [4.78, 5) is 0. The predicted molar refractivity (Wildman–Crippen MR) is 80.8 cm³/mol. The minimum Gasteiger partial charge on any atom is -0.496 e. The third-order valence-corrected chi connectivity index (χ3v) is 3.62. The average Bonchev–Trinajstić information content (AvgIpc) is 2.46. The highest BCUT2D eigenvalue weighted by atomic mass is 16.5. The van der Waals surface area contributed by atoms with Gasteiger partial charge in [-0.25, -0.2) is 0 Å². The van der Waals surface area contributed by atoms with E-state index in [0.29, 0.717) is 0 Å². The van der Waals surface area contributed by atoms with Crippen molar-refractivity contribution in [3.8, 4) is 11.5 Å². The smallest absolute Gasteiger partial charge is 0.145 e. The van der Waals surface area contributed by atoms with Gasteiger partial charge < -0.3 is 14.8 Å². The lowest BCUT2D eigenvalue weighted by atomic mass is 10.0. The molecule has 0 aliphatic carbocycles. The van der Waals surface area contributed by atoms with Crippen molar-refractivity contribution in [2.75, 3.05) is 19.0 Å². The molecular formula is C17H19NO2. The number of nitrogens with one attached hydrogen (secondary N) is 1. The van der Waals surface area contributed by atoms with E-state index < -0.39 is 0 Å². The van der Waals surface area contributed by atoms with Crippen molar-refractivity contribution in [2.45, 2.75) is 20.0 Å². The molecular weight excluding hydrogens is 250 g/mol. The normalized spacial score (nSPS) is 16.9. The van der Waals surface area contributed by atoms with Gasteiger partial charge >= 0.3 is 0 Å². The first-order valence-corrected chi connectivity index (χ1v) is 6.83. The summed E-state index contributed by atoms with van der Waals surface area (Å²) < 4.78 is 11.6. The van der Waals surface area contributed by atoms with Crippen molar-refractivity contribution < 1.29 is 9.47 Å². The van der Waals surface area contributed by atoms with E-state index in [1.807, 2.05) is 6.07 Å². The van der Waals surface area contributed by atoms with Crippen LogP contribution in [0, 0.1) is 13.8 Å². The van der Waals surface area contributed by atoms with Crippen molar-refractivity contribution in [3.05, 3.63) is 53.1 Å². The summed E-state index contributed by atoms with van der Waals surface area (Å²) in [5.74, 6) is 1.78. The van der Waals surface area contributed by atoms with E-state index in [2.05, 4.69) is 49.5 Å². The molecule has 1 N–H and O–H groups in total. The van der Waals surface area contributed by atoms with E-state index in [1.54, 1.807) is 7.11 Å². The van der Waals surface area contributed by atoms with Gasteiger partial charge in [0.1, 0.15) is 17.6 Å². The van der Waals surface area contributed by atoms with Gasteiger partial charge in [0.2, 0.25) is 0 Å². The number of methoxy groups -OCH3 is 1. The van der Waals surface area contributed by atoms with Crippen LogP contribution in [0.2, 0.25) is 0 Å². The van der Waals surface area contributed by atoms with Gasteiger partial charge in [0.05, 0.1) is 19.3 Å². The lowest BCUT2D eigenvalue weighted by Gasteiger charge is -2.29. The summed E-state index contributed by atoms with van der Waals surface area (Å²) in [6.07, 6.45) is -0.0286. The summed E-state index contributed by atoms with van der Waals surface area (Å²) in [5, 5.41) is 3.43. The van der Waals surface area contributed by atoms with Crippen LogP contribution < -0.4 is 14.8 Å².